The molecular formula is C19H22N2O3. The van der Waals surface area contributed by atoms with E-state index in [1.807, 2.05) is 44.2 Å². The fraction of sp³-hybridized carbons (Fsp3) is 0.263. The summed E-state index contributed by atoms with van der Waals surface area (Å²) in [6, 6.07) is 12.8. The van der Waals surface area contributed by atoms with Gasteiger partial charge in [0.05, 0.1) is 19.9 Å². The van der Waals surface area contributed by atoms with Crippen LogP contribution < -0.4 is 14.9 Å². The molecule has 24 heavy (non-hydrogen) atoms. The van der Waals surface area contributed by atoms with Crippen molar-refractivity contribution >= 4 is 12.1 Å². The van der Waals surface area contributed by atoms with Crippen LogP contribution in [-0.4, -0.2) is 25.8 Å². The topological polar surface area (TPSA) is 59.9 Å². The molecule has 2 aromatic rings. The molecule has 0 fully saturated rings. The van der Waals surface area contributed by atoms with Crippen molar-refractivity contribution in [2.75, 3.05) is 13.7 Å². The fourth-order valence-corrected chi connectivity index (χ4v) is 2.08. The predicted molar refractivity (Wildman–Crippen MR) is 95.0 cm³/mol. The molecule has 5 nitrogen and oxygen atoms in total. The third-order valence-corrected chi connectivity index (χ3v) is 3.36. The van der Waals surface area contributed by atoms with Crippen LogP contribution in [0.3, 0.4) is 0 Å². The van der Waals surface area contributed by atoms with Gasteiger partial charge in [0.1, 0.15) is 0 Å². The number of hydrogen-bond acceptors (Lipinski definition) is 4. The Morgan fingerprint density at radius 3 is 2.62 bits per heavy atom. The highest BCUT2D eigenvalue weighted by Crippen LogP contribution is 2.30. The Bertz CT molecular complexity index is 709. The fourth-order valence-electron chi connectivity index (χ4n) is 2.08. The molecule has 0 saturated heterocycles. The lowest BCUT2D eigenvalue weighted by Gasteiger charge is -2.12. The number of nitrogens with one attached hydrogen (secondary N) is 1. The molecule has 1 amide bonds. The smallest absolute Gasteiger partial charge is 0.271 e. The quantitative estimate of drug-likeness (QED) is 0.625. The maximum Gasteiger partial charge on any atom is 0.271 e. The predicted octanol–water partition coefficient (Wildman–Crippen LogP) is 3.56. The summed E-state index contributed by atoms with van der Waals surface area (Å²) in [6.07, 6.45) is 2.44. The van der Waals surface area contributed by atoms with E-state index in [4.69, 9.17) is 9.47 Å². The summed E-state index contributed by atoms with van der Waals surface area (Å²) in [7, 11) is 1.59. The van der Waals surface area contributed by atoms with Gasteiger partial charge in [0, 0.05) is 11.1 Å². The maximum atomic E-state index is 12.0. The van der Waals surface area contributed by atoms with Crippen molar-refractivity contribution in [3.05, 3.63) is 59.2 Å². The zero-order chi connectivity index (χ0) is 17.4. The number of amides is 1. The zero-order valence-corrected chi connectivity index (χ0v) is 14.2. The van der Waals surface area contributed by atoms with Gasteiger partial charge in [0.25, 0.3) is 5.91 Å². The van der Waals surface area contributed by atoms with E-state index in [9.17, 15) is 4.79 Å². The number of ether oxygens (including phenoxy) is 2. The van der Waals surface area contributed by atoms with Crippen molar-refractivity contribution in [3.63, 3.8) is 0 Å². The van der Waals surface area contributed by atoms with Crippen LogP contribution >= 0.6 is 0 Å². The first kappa shape index (κ1) is 17.5. The van der Waals surface area contributed by atoms with Crippen LogP contribution in [0.2, 0.25) is 0 Å². The molecule has 1 N–H and O–H groups in total. The minimum absolute atomic E-state index is 0.259. The normalized spacial score (nSPS) is 10.6. The zero-order valence-electron chi connectivity index (χ0n) is 14.2. The second-order valence-electron chi connectivity index (χ2n) is 5.29. The standard InChI is InChI=1S/C19H22N2O3/c1-4-12-24-18-16(6-5-7-17(18)23-3)13-20-21-19(22)15-10-8-14(2)9-11-15/h5-11,13H,4,12H2,1-3H3,(H,21,22)/b20-13-. The number of para-hydroxylation sites is 1. The average molecular weight is 326 g/mol. The van der Waals surface area contributed by atoms with Gasteiger partial charge in [-0.1, -0.05) is 30.7 Å². The van der Waals surface area contributed by atoms with E-state index in [1.165, 1.54) is 0 Å². The second kappa shape index (κ2) is 8.72. The summed E-state index contributed by atoms with van der Waals surface area (Å²) in [5, 5.41) is 4.02. The lowest BCUT2D eigenvalue weighted by molar-refractivity contribution is 0.0955. The molecule has 126 valence electrons. The third kappa shape index (κ3) is 4.59. The number of methoxy groups -OCH3 is 1. The Labute approximate surface area is 142 Å². The van der Waals surface area contributed by atoms with Gasteiger partial charge < -0.3 is 9.47 Å². The second-order valence-corrected chi connectivity index (χ2v) is 5.29. The summed E-state index contributed by atoms with van der Waals surface area (Å²) >= 11 is 0. The third-order valence-electron chi connectivity index (χ3n) is 3.36. The molecule has 5 heteroatoms. The Morgan fingerprint density at radius 1 is 1.21 bits per heavy atom. The molecule has 0 saturated carbocycles. The molecule has 2 aromatic carbocycles. The number of rotatable bonds is 7. The Morgan fingerprint density at radius 2 is 1.96 bits per heavy atom. The van der Waals surface area contributed by atoms with Crippen molar-refractivity contribution < 1.29 is 14.3 Å². The summed E-state index contributed by atoms with van der Waals surface area (Å²) in [5.74, 6) is 0.998. The van der Waals surface area contributed by atoms with Gasteiger partial charge in [0.2, 0.25) is 0 Å². The van der Waals surface area contributed by atoms with Gasteiger partial charge >= 0.3 is 0 Å². The van der Waals surface area contributed by atoms with E-state index in [2.05, 4.69) is 10.5 Å². The summed E-state index contributed by atoms with van der Waals surface area (Å²) in [5.41, 5.74) is 4.93. The Hall–Kier alpha value is -2.82. The van der Waals surface area contributed by atoms with E-state index in [-0.39, 0.29) is 5.91 Å². The molecule has 0 aromatic heterocycles. The minimum Gasteiger partial charge on any atom is -0.493 e. The molecule has 0 aliphatic rings. The van der Waals surface area contributed by atoms with Crippen molar-refractivity contribution in [2.24, 2.45) is 5.10 Å². The molecule has 0 aliphatic carbocycles. The number of carbonyl (C=O) groups is 1. The van der Waals surface area contributed by atoms with Crippen LogP contribution in [0.25, 0.3) is 0 Å². The highest BCUT2D eigenvalue weighted by atomic mass is 16.5. The van der Waals surface area contributed by atoms with E-state index in [1.54, 1.807) is 25.5 Å². The minimum atomic E-state index is -0.259. The summed E-state index contributed by atoms with van der Waals surface area (Å²) in [6.45, 7) is 4.59. The molecular weight excluding hydrogens is 304 g/mol. The van der Waals surface area contributed by atoms with Crippen molar-refractivity contribution in [1.29, 1.82) is 0 Å². The highest BCUT2D eigenvalue weighted by Gasteiger charge is 2.09. The highest BCUT2D eigenvalue weighted by molar-refractivity contribution is 5.95. The van der Waals surface area contributed by atoms with Gasteiger partial charge in [0.15, 0.2) is 11.5 Å². The van der Waals surface area contributed by atoms with Gasteiger partial charge in [-0.2, -0.15) is 5.10 Å². The van der Waals surface area contributed by atoms with Gasteiger partial charge in [-0.3, -0.25) is 4.79 Å². The van der Waals surface area contributed by atoms with Gasteiger partial charge in [-0.15, -0.1) is 0 Å². The van der Waals surface area contributed by atoms with Crippen LogP contribution in [-0.2, 0) is 0 Å². The molecule has 0 radical (unpaired) electrons. The van der Waals surface area contributed by atoms with Crippen molar-refractivity contribution in [3.8, 4) is 11.5 Å². The molecule has 0 unspecified atom stereocenters. The van der Waals surface area contributed by atoms with Crippen LogP contribution in [0.4, 0.5) is 0 Å². The first-order valence-electron chi connectivity index (χ1n) is 7.85. The number of nitrogens with zero attached hydrogens (tertiary/aromatic N) is 1. The number of hydrogen-bond donors (Lipinski definition) is 1. The SMILES string of the molecule is CCCOc1c(/C=N\NC(=O)c2ccc(C)cc2)cccc1OC. The van der Waals surface area contributed by atoms with E-state index >= 15 is 0 Å². The van der Waals surface area contributed by atoms with Crippen molar-refractivity contribution in [2.45, 2.75) is 20.3 Å². The largest absolute Gasteiger partial charge is 0.493 e. The molecule has 0 spiro atoms. The molecule has 0 bridgehead atoms. The number of aryl methyl sites for hydroxylation is 1. The summed E-state index contributed by atoms with van der Waals surface area (Å²) in [4.78, 5) is 12.0. The monoisotopic (exact) mass is 326 g/mol. The molecule has 0 atom stereocenters. The number of carbonyl (C=O) groups excluding carboxylic acids is 1. The van der Waals surface area contributed by atoms with Gasteiger partial charge in [-0.05, 0) is 37.6 Å². The molecule has 0 aliphatic heterocycles. The van der Waals surface area contributed by atoms with Gasteiger partial charge in [-0.25, -0.2) is 5.43 Å². The van der Waals surface area contributed by atoms with Crippen LogP contribution in [0.15, 0.2) is 47.6 Å². The lowest BCUT2D eigenvalue weighted by Crippen LogP contribution is -2.17. The van der Waals surface area contributed by atoms with E-state index in [0.29, 0.717) is 23.7 Å². The number of benzene rings is 2. The van der Waals surface area contributed by atoms with Crippen molar-refractivity contribution in [1.82, 2.24) is 5.43 Å². The van der Waals surface area contributed by atoms with E-state index < -0.39 is 0 Å². The van der Waals surface area contributed by atoms with Crippen LogP contribution in [0.5, 0.6) is 11.5 Å². The first-order chi connectivity index (χ1) is 11.7. The van der Waals surface area contributed by atoms with Crippen LogP contribution in [0, 0.1) is 6.92 Å². The summed E-state index contributed by atoms with van der Waals surface area (Å²) < 4.78 is 11.1. The maximum absolute atomic E-state index is 12.0. The van der Waals surface area contributed by atoms with E-state index in [0.717, 1.165) is 17.5 Å². The lowest BCUT2D eigenvalue weighted by atomic mass is 10.1. The van der Waals surface area contributed by atoms with Crippen LogP contribution in [0.1, 0.15) is 34.8 Å². The average Bonchev–Trinajstić information content (AvgIpc) is 2.60. The molecule has 2 rings (SSSR count). The Kier molecular flexibility index (Phi) is 6.37. The molecule has 0 heterocycles. The first-order valence-corrected chi connectivity index (χ1v) is 7.85. The Balaban J connectivity index is 2.10. The number of hydrazone groups is 1.